The number of halogens is 3. The quantitative estimate of drug-likeness (QED) is 0.844. The number of carbonyl (C=O) groups is 1. The Hall–Kier alpha value is -1.92. The molecule has 0 aliphatic rings. The second-order valence-electron chi connectivity index (χ2n) is 4.54. The van der Waals surface area contributed by atoms with Crippen LogP contribution in [0, 0.1) is 0 Å². The fourth-order valence-electron chi connectivity index (χ4n) is 2.15. The molecule has 0 bridgehead atoms. The van der Waals surface area contributed by atoms with Crippen molar-refractivity contribution in [3.05, 3.63) is 42.0 Å². The molecule has 0 heterocycles. The summed E-state index contributed by atoms with van der Waals surface area (Å²) < 4.78 is 32.5. The minimum absolute atomic E-state index is 0. The molecule has 0 saturated heterocycles. The number of ether oxygens (including phenoxy) is 1. The Morgan fingerprint density at radius 1 is 1.32 bits per heavy atom. The van der Waals surface area contributed by atoms with Gasteiger partial charge in [-0.15, -0.1) is 12.4 Å². The molecule has 3 N–H and O–H groups in total. The molecule has 22 heavy (non-hydrogen) atoms. The van der Waals surface area contributed by atoms with Crippen molar-refractivity contribution in [2.75, 3.05) is 6.61 Å². The number of hydrogen-bond acceptors (Lipinski definition) is 4. The number of phenolic OH excluding ortho intramolecular Hbond substituents is 1. The van der Waals surface area contributed by atoms with Gasteiger partial charge < -0.3 is 15.6 Å². The minimum atomic E-state index is -3.93. The largest absolute Gasteiger partial charge is 0.508 e. The Morgan fingerprint density at radius 3 is 2.59 bits per heavy atom. The second kappa shape index (κ2) is 6.89. The van der Waals surface area contributed by atoms with Crippen LogP contribution < -0.4 is 5.73 Å². The summed E-state index contributed by atoms with van der Waals surface area (Å²) in [6.45, 7) is 1.25. The van der Waals surface area contributed by atoms with Gasteiger partial charge in [-0.1, -0.05) is 30.3 Å². The first-order valence-corrected chi connectivity index (χ1v) is 6.40. The van der Waals surface area contributed by atoms with Gasteiger partial charge in [0.25, 0.3) is 0 Å². The van der Waals surface area contributed by atoms with E-state index in [-0.39, 0.29) is 30.3 Å². The lowest BCUT2D eigenvalue weighted by Crippen LogP contribution is -2.41. The normalized spacial score (nSPS) is 12.5. The zero-order valence-corrected chi connectivity index (χ0v) is 12.6. The summed E-state index contributed by atoms with van der Waals surface area (Å²) in [5, 5.41) is 10.9. The van der Waals surface area contributed by atoms with E-state index in [9.17, 15) is 18.7 Å². The first kappa shape index (κ1) is 18.1. The van der Waals surface area contributed by atoms with Crippen LogP contribution in [0.5, 0.6) is 5.75 Å². The van der Waals surface area contributed by atoms with E-state index in [4.69, 9.17) is 5.73 Å². The topological polar surface area (TPSA) is 72.5 Å². The summed E-state index contributed by atoms with van der Waals surface area (Å²) in [7, 11) is 0. The molecule has 0 aliphatic carbocycles. The minimum Gasteiger partial charge on any atom is -0.508 e. The molecule has 4 nitrogen and oxygen atoms in total. The van der Waals surface area contributed by atoms with Gasteiger partial charge in [-0.25, -0.2) is 4.79 Å². The van der Waals surface area contributed by atoms with Crippen molar-refractivity contribution in [2.24, 2.45) is 5.73 Å². The van der Waals surface area contributed by atoms with Crippen molar-refractivity contribution in [1.29, 1.82) is 0 Å². The molecule has 2 aromatic rings. The van der Waals surface area contributed by atoms with Crippen molar-refractivity contribution >= 4 is 29.1 Å². The predicted octanol–water partition coefficient (Wildman–Crippen LogP) is 3.17. The third-order valence-corrected chi connectivity index (χ3v) is 3.20. The van der Waals surface area contributed by atoms with Gasteiger partial charge >= 0.3 is 11.9 Å². The van der Waals surface area contributed by atoms with Crippen molar-refractivity contribution in [3.63, 3.8) is 0 Å². The summed E-state index contributed by atoms with van der Waals surface area (Å²) in [4.78, 5) is 11.4. The average molecular weight is 332 g/mol. The van der Waals surface area contributed by atoms with E-state index in [0.29, 0.717) is 10.8 Å². The van der Waals surface area contributed by atoms with Gasteiger partial charge in [0.2, 0.25) is 0 Å². The van der Waals surface area contributed by atoms with Crippen LogP contribution in [0.25, 0.3) is 10.8 Å². The highest BCUT2D eigenvalue weighted by Gasteiger charge is 2.49. The summed E-state index contributed by atoms with van der Waals surface area (Å²) in [5.74, 6) is -6.02. The molecule has 2 rings (SSSR count). The lowest BCUT2D eigenvalue weighted by Gasteiger charge is -2.23. The molecule has 0 radical (unpaired) electrons. The molecule has 0 fully saturated rings. The average Bonchev–Trinajstić information content (AvgIpc) is 2.46. The molecule has 120 valence electrons. The van der Waals surface area contributed by atoms with Gasteiger partial charge in [-0.3, -0.25) is 0 Å². The highest BCUT2D eigenvalue weighted by Crippen LogP contribution is 2.39. The Bertz CT molecular complexity index is 679. The maximum Gasteiger partial charge on any atom is 0.379 e. The summed E-state index contributed by atoms with van der Waals surface area (Å²) in [6, 6.07) is 7.50. The van der Waals surface area contributed by atoms with Crippen LogP contribution in [-0.4, -0.2) is 23.6 Å². The third kappa shape index (κ3) is 3.13. The molecule has 0 unspecified atom stereocenters. The summed E-state index contributed by atoms with van der Waals surface area (Å²) in [5.41, 5.74) is 5.39. The zero-order chi connectivity index (χ0) is 15.6. The SMILES string of the molecule is CCOC(=O)C(F)(F)[C@H](N)c1c(O)ccc2ccccc12.Cl. The Balaban J connectivity index is 0.00000242. The van der Waals surface area contributed by atoms with E-state index in [1.807, 2.05) is 0 Å². The highest BCUT2D eigenvalue weighted by molar-refractivity contribution is 5.89. The standard InChI is InChI=1S/C15H15F2NO3.ClH/c1-2-21-14(20)15(16,17)13(18)12-10-6-4-3-5-9(10)7-8-11(12)19;/h3-8,13,19H,2,18H2,1H3;1H/t13-;/m1./s1. The van der Waals surface area contributed by atoms with Crippen LogP contribution in [0.1, 0.15) is 18.5 Å². The number of phenols is 1. The molecular formula is C15H16ClF2NO3. The Morgan fingerprint density at radius 2 is 1.95 bits per heavy atom. The predicted molar refractivity (Wildman–Crippen MR) is 81.4 cm³/mol. The number of fused-ring (bicyclic) bond motifs is 1. The van der Waals surface area contributed by atoms with E-state index >= 15 is 0 Å². The monoisotopic (exact) mass is 331 g/mol. The fraction of sp³-hybridized carbons (Fsp3) is 0.267. The van der Waals surface area contributed by atoms with Gasteiger partial charge in [0.05, 0.1) is 6.61 Å². The van der Waals surface area contributed by atoms with Crippen molar-refractivity contribution < 1.29 is 23.4 Å². The van der Waals surface area contributed by atoms with Gasteiger partial charge in [-0.05, 0) is 23.8 Å². The van der Waals surface area contributed by atoms with E-state index in [0.717, 1.165) is 0 Å². The first-order chi connectivity index (χ1) is 9.89. The van der Waals surface area contributed by atoms with Gasteiger partial charge in [-0.2, -0.15) is 8.78 Å². The Labute approximate surface area is 132 Å². The number of aromatic hydroxyl groups is 1. The van der Waals surface area contributed by atoms with Crippen LogP contribution in [0.4, 0.5) is 8.78 Å². The van der Waals surface area contributed by atoms with Crippen LogP contribution in [-0.2, 0) is 9.53 Å². The first-order valence-electron chi connectivity index (χ1n) is 6.40. The zero-order valence-electron chi connectivity index (χ0n) is 11.8. The van der Waals surface area contributed by atoms with E-state index < -0.39 is 17.9 Å². The van der Waals surface area contributed by atoms with E-state index in [1.165, 1.54) is 13.0 Å². The number of carbonyl (C=O) groups excluding carboxylic acids is 1. The van der Waals surface area contributed by atoms with Gasteiger partial charge in [0.1, 0.15) is 11.8 Å². The summed E-state index contributed by atoms with van der Waals surface area (Å²) in [6.07, 6.45) is 0. The maximum absolute atomic E-state index is 14.1. The number of rotatable bonds is 4. The van der Waals surface area contributed by atoms with Gasteiger partial charge in [0, 0.05) is 5.56 Å². The van der Waals surface area contributed by atoms with Crippen LogP contribution in [0.15, 0.2) is 36.4 Å². The molecule has 0 amide bonds. The highest BCUT2D eigenvalue weighted by atomic mass is 35.5. The van der Waals surface area contributed by atoms with Crippen molar-refractivity contribution in [2.45, 2.75) is 18.9 Å². The number of benzene rings is 2. The molecule has 0 aromatic heterocycles. The maximum atomic E-state index is 14.1. The molecule has 0 saturated carbocycles. The second-order valence-corrected chi connectivity index (χ2v) is 4.54. The third-order valence-electron chi connectivity index (χ3n) is 3.20. The molecule has 7 heteroatoms. The number of hydrogen-bond donors (Lipinski definition) is 2. The van der Waals surface area contributed by atoms with Crippen LogP contribution >= 0.6 is 12.4 Å². The molecule has 0 aliphatic heterocycles. The molecule has 1 atom stereocenters. The molecule has 0 spiro atoms. The molecular weight excluding hydrogens is 316 g/mol. The van der Waals surface area contributed by atoms with E-state index in [2.05, 4.69) is 4.74 Å². The number of esters is 1. The van der Waals surface area contributed by atoms with Crippen LogP contribution in [0.3, 0.4) is 0 Å². The number of alkyl halides is 2. The van der Waals surface area contributed by atoms with Crippen molar-refractivity contribution in [3.8, 4) is 5.75 Å². The number of nitrogens with two attached hydrogens (primary N) is 1. The summed E-state index contributed by atoms with van der Waals surface area (Å²) >= 11 is 0. The van der Waals surface area contributed by atoms with Gasteiger partial charge in [0.15, 0.2) is 0 Å². The van der Waals surface area contributed by atoms with Crippen LogP contribution in [0.2, 0.25) is 0 Å². The lowest BCUT2D eigenvalue weighted by atomic mass is 9.94. The smallest absolute Gasteiger partial charge is 0.379 e. The van der Waals surface area contributed by atoms with E-state index in [1.54, 1.807) is 30.3 Å². The fourth-order valence-corrected chi connectivity index (χ4v) is 2.15. The lowest BCUT2D eigenvalue weighted by molar-refractivity contribution is -0.174. The van der Waals surface area contributed by atoms with Crippen molar-refractivity contribution in [1.82, 2.24) is 0 Å². The Kier molecular flexibility index (Phi) is 5.68. The molecule has 2 aromatic carbocycles.